The number of anilines is 1. The van der Waals surface area contributed by atoms with E-state index in [9.17, 15) is 4.79 Å². The lowest BCUT2D eigenvalue weighted by Gasteiger charge is -2.19. The molecule has 1 saturated heterocycles. The summed E-state index contributed by atoms with van der Waals surface area (Å²) >= 11 is 1.41. The molecule has 1 unspecified atom stereocenters. The van der Waals surface area contributed by atoms with Gasteiger partial charge >= 0.3 is 0 Å². The van der Waals surface area contributed by atoms with Gasteiger partial charge in [0.1, 0.15) is 5.75 Å². The maximum Gasteiger partial charge on any atom is 0.240 e. The fourth-order valence-electron chi connectivity index (χ4n) is 2.54. The Labute approximate surface area is 138 Å². The number of methoxy groups -OCH3 is 1. The zero-order valence-electron chi connectivity index (χ0n) is 12.6. The van der Waals surface area contributed by atoms with Gasteiger partial charge in [0, 0.05) is 12.7 Å². The minimum atomic E-state index is -0.193. The Bertz CT molecular complexity index is 772. The van der Waals surface area contributed by atoms with Gasteiger partial charge in [-0.15, -0.1) is 0 Å². The lowest BCUT2D eigenvalue weighted by Crippen LogP contribution is -2.28. The molecule has 6 heteroatoms. The van der Waals surface area contributed by atoms with Crippen molar-refractivity contribution in [3.63, 3.8) is 0 Å². The fraction of sp³-hybridized carbons (Fsp3) is 0.235. The van der Waals surface area contributed by atoms with Crippen LogP contribution in [0, 0.1) is 11.3 Å². The molecule has 2 aromatic rings. The second-order valence-corrected chi connectivity index (χ2v) is 6.27. The predicted molar refractivity (Wildman–Crippen MR) is 88.6 cm³/mol. The molecule has 116 valence electrons. The van der Waals surface area contributed by atoms with E-state index < -0.39 is 0 Å². The Kier molecular flexibility index (Phi) is 4.49. The fourth-order valence-corrected chi connectivity index (χ4v) is 3.60. The normalized spacial score (nSPS) is 17.1. The first-order valence-corrected chi connectivity index (χ1v) is 8.08. The number of nitrogens with zero attached hydrogens (tertiary/aromatic N) is 3. The Hall–Kier alpha value is -2.52. The van der Waals surface area contributed by atoms with Gasteiger partial charge in [-0.25, -0.2) is 4.98 Å². The van der Waals surface area contributed by atoms with Crippen LogP contribution in [0.5, 0.6) is 5.75 Å². The van der Waals surface area contributed by atoms with Crippen LogP contribution in [-0.4, -0.2) is 29.8 Å². The Balaban J connectivity index is 1.78. The van der Waals surface area contributed by atoms with Crippen LogP contribution in [0.2, 0.25) is 0 Å². The van der Waals surface area contributed by atoms with E-state index in [2.05, 4.69) is 11.1 Å². The van der Waals surface area contributed by atoms with Crippen molar-refractivity contribution in [2.45, 2.75) is 16.7 Å². The molecule has 1 aromatic carbocycles. The molecule has 5 nitrogen and oxygen atoms in total. The van der Waals surface area contributed by atoms with Crippen molar-refractivity contribution < 1.29 is 9.53 Å². The van der Waals surface area contributed by atoms with Crippen molar-refractivity contribution in [2.75, 3.05) is 18.6 Å². The van der Waals surface area contributed by atoms with Gasteiger partial charge in [-0.1, -0.05) is 23.9 Å². The van der Waals surface area contributed by atoms with Crippen molar-refractivity contribution in [3.8, 4) is 11.8 Å². The molecule has 0 bridgehead atoms. The van der Waals surface area contributed by atoms with Gasteiger partial charge in [0.2, 0.25) is 5.91 Å². The van der Waals surface area contributed by atoms with Crippen molar-refractivity contribution in [1.82, 2.24) is 4.98 Å². The molecule has 1 aromatic heterocycles. The van der Waals surface area contributed by atoms with E-state index >= 15 is 0 Å². The smallest absolute Gasteiger partial charge is 0.240 e. The van der Waals surface area contributed by atoms with Crippen molar-refractivity contribution in [3.05, 3.63) is 48.2 Å². The first kappa shape index (κ1) is 15.4. The summed E-state index contributed by atoms with van der Waals surface area (Å²) in [6, 6.07) is 13.0. The van der Waals surface area contributed by atoms with Crippen LogP contribution in [0.25, 0.3) is 0 Å². The Morgan fingerprint density at radius 1 is 1.39 bits per heavy atom. The van der Waals surface area contributed by atoms with Crippen molar-refractivity contribution >= 4 is 23.4 Å². The summed E-state index contributed by atoms with van der Waals surface area (Å²) in [5, 5.41) is 9.45. The molecule has 23 heavy (non-hydrogen) atoms. The second kappa shape index (κ2) is 6.71. The molecule has 1 atom stereocenters. The zero-order valence-corrected chi connectivity index (χ0v) is 13.4. The minimum absolute atomic E-state index is 0.0451. The molecule has 3 rings (SSSR count). The summed E-state index contributed by atoms with van der Waals surface area (Å²) in [7, 11) is 1.60. The summed E-state index contributed by atoms with van der Waals surface area (Å²) in [5.74, 6) is 0.736. The molecular formula is C17H15N3O2S. The van der Waals surface area contributed by atoms with Gasteiger partial charge in [0.15, 0.2) is 0 Å². The summed E-state index contributed by atoms with van der Waals surface area (Å²) in [4.78, 5) is 18.7. The van der Waals surface area contributed by atoms with E-state index in [1.807, 2.05) is 24.3 Å². The summed E-state index contributed by atoms with van der Waals surface area (Å²) in [6.07, 6.45) is 2.33. The highest BCUT2D eigenvalue weighted by atomic mass is 32.2. The Morgan fingerprint density at radius 2 is 2.22 bits per heavy atom. The number of benzene rings is 1. The van der Waals surface area contributed by atoms with E-state index in [1.54, 1.807) is 30.3 Å². The number of carbonyl (C=O) groups excluding carboxylic acids is 1. The van der Waals surface area contributed by atoms with Crippen LogP contribution >= 0.6 is 11.8 Å². The molecule has 1 aliphatic rings. The SMILES string of the molecule is COc1ccccc1N1CCC(Sc2cc(C#N)ccn2)C1=O. The number of hydrogen-bond acceptors (Lipinski definition) is 5. The maximum absolute atomic E-state index is 12.7. The minimum Gasteiger partial charge on any atom is -0.495 e. The van der Waals surface area contributed by atoms with E-state index in [1.165, 1.54) is 11.8 Å². The van der Waals surface area contributed by atoms with E-state index in [4.69, 9.17) is 10.00 Å². The number of ether oxygens (including phenoxy) is 1. The number of amides is 1. The van der Waals surface area contributed by atoms with E-state index in [0.717, 1.165) is 12.1 Å². The number of para-hydroxylation sites is 2. The van der Waals surface area contributed by atoms with Crippen LogP contribution < -0.4 is 9.64 Å². The molecule has 0 N–H and O–H groups in total. The standard InChI is InChI=1S/C17H15N3O2S/c1-22-14-5-3-2-4-13(14)20-9-7-15(17(20)21)23-16-10-12(11-18)6-8-19-16/h2-6,8,10,15H,7,9H2,1H3. The third kappa shape index (κ3) is 3.15. The molecule has 2 heterocycles. The number of rotatable bonds is 4. The Morgan fingerprint density at radius 3 is 3.00 bits per heavy atom. The van der Waals surface area contributed by atoms with Crippen LogP contribution in [0.15, 0.2) is 47.6 Å². The number of pyridine rings is 1. The molecule has 0 spiro atoms. The molecular weight excluding hydrogens is 310 g/mol. The summed E-state index contributed by atoms with van der Waals surface area (Å²) in [5.41, 5.74) is 1.34. The number of nitriles is 1. The number of aromatic nitrogens is 1. The summed E-state index contributed by atoms with van der Waals surface area (Å²) in [6.45, 7) is 0.648. The number of thioether (sulfide) groups is 1. The van der Waals surface area contributed by atoms with Crippen LogP contribution in [0.4, 0.5) is 5.69 Å². The number of carbonyl (C=O) groups is 1. The highest BCUT2D eigenvalue weighted by Crippen LogP contribution is 2.36. The molecule has 0 aliphatic carbocycles. The van der Waals surface area contributed by atoms with Gasteiger partial charge in [-0.05, 0) is 30.7 Å². The third-order valence-corrected chi connectivity index (χ3v) is 4.85. The van der Waals surface area contributed by atoms with Crippen LogP contribution in [0.3, 0.4) is 0 Å². The quantitative estimate of drug-likeness (QED) is 0.865. The highest BCUT2D eigenvalue weighted by molar-refractivity contribution is 8.00. The van der Waals surface area contributed by atoms with Gasteiger partial charge in [-0.3, -0.25) is 4.79 Å². The predicted octanol–water partition coefficient (Wildman–Crippen LogP) is 2.86. The van der Waals surface area contributed by atoms with Gasteiger partial charge in [0.25, 0.3) is 0 Å². The maximum atomic E-state index is 12.7. The van der Waals surface area contributed by atoms with Crippen LogP contribution in [-0.2, 0) is 4.79 Å². The number of hydrogen-bond donors (Lipinski definition) is 0. The van der Waals surface area contributed by atoms with E-state index in [0.29, 0.717) is 22.9 Å². The first-order valence-electron chi connectivity index (χ1n) is 7.20. The summed E-state index contributed by atoms with van der Waals surface area (Å²) < 4.78 is 5.34. The topological polar surface area (TPSA) is 66.2 Å². The average molecular weight is 325 g/mol. The second-order valence-electron chi connectivity index (χ2n) is 5.05. The lowest BCUT2D eigenvalue weighted by atomic mass is 10.2. The highest BCUT2D eigenvalue weighted by Gasteiger charge is 2.34. The average Bonchev–Trinajstić information content (AvgIpc) is 2.95. The molecule has 1 aliphatic heterocycles. The lowest BCUT2D eigenvalue weighted by molar-refractivity contribution is -0.116. The largest absolute Gasteiger partial charge is 0.495 e. The van der Waals surface area contributed by atoms with Crippen LogP contribution in [0.1, 0.15) is 12.0 Å². The first-order chi connectivity index (χ1) is 11.2. The monoisotopic (exact) mass is 325 g/mol. The van der Waals surface area contributed by atoms with Gasteiger partial charge in [-0.2, -0.15) is 5.26 Å². The van der Waals surface area contributed by atoms with Crippen molar-refractivity contribution in [1.29, 1.82) is 5.26 Å². The molecule has 1 amide bonds. The molecule has 0 radical (unpaired) electrons. The van der Waals surface area contributed by atoms with Gasteiger partial charge < -0.3 is 9.64 Å². The third-order valence-electron chi connectivity index (χ3n) is 3.66. The zero-order chi connectivity index (χ0) is 16.2. The molecule has 0 saturated carbocycles. The van der Waals surface area contributed by atoms with Crippen molar-refractivity contribution in [2.24, 2.45) is 0 Å². The van der Waals surface area contributed by atoms with E-state index in [-0.39, 0.29) is 11.2 Å². The van der Waals surface area contributed by atoms with Gasteiger partial charge in [0.05, 0.1) is 34.7 Å². The molecule has 1 fully saturated rings.